The van der Waals surface area contributed by atoms with Crippen molar-refractivity contribution >= 4 is 23.8 Å². The highest BCUT2D eigenvalue weighted by Gasteiger charge is 2.01. The van der Waals surface area contributed by atoms with E-state index in [1.165, 1.54) is 12.2 Å². The molecule has 0 bridgehead atoms. The standard InChI is InChI=1S/C5H5ClN2O2/c6-1-5(8-4-10)2-7-3-9/h5H,1-2H2. The number of aliphatic imine (C=N–C) groups is 2. The van der Waals surface area contributed by atoms with Gasteiger partial charge in [0.1, 0.15) is 0 Å². The monoisotopic (exact) mass is 160 g/mol. The molecule has 0 aromatic heterocycles. The lowest BCUT2D eigenvalue weighted by molar-refractivity contribution is 0.554. The Labute approximate surface area is 62.6 Å². The third-order valence-corrected chi connectivity index (χ3v) is 1.14. The van der Waals surface area contributed by atoms with Crippen LogP contribution in [0, 0.1) is 0 Å². The van der Waals surface area contributed by atoms with Gasteiger partial charge in [-0.15, -0.1) is 11.6 Å². The predicted molar refractivity (Wildman–Crippen MR) is 35.6 cm³/mol. The van der Waals surface area contributed by atoms with Gasteiger partial charge in [0.2, 0.25) is 12.2 Å². The lowest BCUT2D eigenvalue weighted by atomic mass is 10.4. The lowest BCUT2D eigenvalue weighted by Crippen LogP contribution is -2.09. The Balaban J connectivity index is 3.81. The van der Waals surface area contributed by atoms with Gasteiger partial charge in [-0.3, -0.25) is 0 Å². The zero-order valence-electron chi connectivity index (χ0n) is 5.08. The van der Waals surface area contributed by atoms with Crippen LogP contribution in [0.5, 0.6) is 0 Å². The molecule has 0 heterocycles. The van der Waals surface area contributed by atoms with E-state index in [-0.39, 0.29) is 12.4 Å². The molecule has 0 fully saturated rings. The smallest absolute Gasteiger partial charge is 0.211 e. The molecule has 0 saturated carbocycles. The van der Waals surface area contributed by atoms with Crippen molar-refractivity contribution in [3.05, 3.63) is 0 Å². The Bertz CT molecular complexity index is 182. The van der Waals surface area contributed by atoms with Gasteiger partial charge in [0.25, 0.3) is 0 Å². The minimum Gasteiger partial charge on any atom is -0.211 e. The zero-order valence-corrected chi connectivity index (χ0v) is 5.84. The Hall–Kier alpha value is -0.950. The molecule has 0 radical (unpaired) electrons. The summed E-state index contributed by atoms with van der Waals surface area (Å²) in [6.45, 7) is 0.0994. The van der Waals surface area contributed by atoms with E-state index in [9.17, 15) is 9.59 Å². The molecule has 0 aliphatic rings. The number of halogens is 1. The third-order valence-electron chi connectivity index (χ3n) is 0.780. The first-order valence-electron chi connectivity index (χ1n) is 2.51. The molecule has 4 nitrogen and oxygen atoms in total. The summed E-state index contributed by atoms with van der Waals surface area (Å²) in [5.41, 5.74) is 0. The van der Waals surface area contributed by atoms with Crippen LogP contribution in [0.2, 0.25) is 0 Å². The molecule has 0 rings (SSSR count). The normalized spacial score (nSPS) is 10.9. The van der Waals surface area contributed by atoms with E-state index in [1.54, 1.807) is 0 Å². The van der Waals surface area contributed by atoms with Crippen molar-refractivity contribution in [1.82, 2.24) is 0 Å². The van der Waals surface area contributed by atoms with Gasteiger partial charge in [-0.25, -0.2) is 14.6 Å². The minimum atomic E-state index is -0.444. The number of nitrogens with zero attached hydrogens (tertiary/aromatic N) is 2. The molecule has 0 saturated heterocycles. The summed E-state index contributed by atoms with van der Waals surface area (Å²) in [5.74, 6) is 0.153. The van der Waals surface area contributed by atoms with Crippen molar-refractivity contribution in [2.24, 2.45) is 9.98 Å². The molecule has 0 aromatic carbocycles. The van der Waals surface area contributed by atoms with Crippen molar-refractivity contribution in [3.8, 4) is 0 Å². The molecule has 0 aromatic rings. The highest BCUT2D eigenvalue weighted by molar-refractivity contribution is 6.18. The Morgan fingerprint density at radius 2 is 2.10 bits per heavy atom. The topological polar surface area (TPSA) is 58.9 Å². The zero-order chi connectivity index (χ0) is 7.82. The molecule has 54 valence electrons. The first kappa shape index (κ1) is 9.05. The summed E-state index contributed by atoms with van der Waals surface area (Å²) in [7, 11) is 0. The summed E-state index contributed by atoms with van der Waals surface area (Å²) in [6, 6.07) is -0.444. The summed E-state index contributed by atoms with van der Waals surface area (Å²) in [5, 5.41) is 0. The molecular formula is C5H5ClN2O2. The predicted octanol–water partition coefficient (Wildman–Crippen LogP) is 0.265. The van der Waals surface area contributed by atoms with Gasteiger partial charge in [0, 0.05) is 5.88 Å². The first-order chi connectivity index (χ1) is 4.85. The number of carbonyl (C=O) groups excluding carboxylic acids is 2. The third kappa shape index (κ3) is 3.98. The highest BCUT2D eigenvalue weighted by atomic mass is 35.5. The van der Waals surface area contributed by atoms with Crippen molar-refractivity contribution in [2.75, 3.05) is 12.4 Å². The van der Waals surface area contributed by atoms with Crippen LogP contribution >= 0.6 is 11.6 Å². The second-order valence-electron chi connectivity index (χ2n) is 1.46. The van der Waals surface area contributed by atoms with E-state index in [0.29, 0.717) is 0 Å². The molecule has 0 aliphatic heterocycles. The van der Waals surface area contributed by atoms with Crippen molar-refractivity contribution in [2.45, 2.75) is 6.04 Å². The van der Waals surface area contributed by atoms with Crippen molar-refractivity contribution in [1.29, 1.82) is 0 Å². The molecule has 1 atom stereocenters. The van der Waals surface area contributed by atoms with Crippen LogP contribution in [0.4, 0.5) is 0 Å². The average Bonchev–Trinajstić information content (AvgIpc) is 1.98. The van der Waals surface area contributed by atoms with Gasteiger partial charge in [-0.05, 0) is 0 Å². The van der Waals surface area contributed by atoms with Crippen LogP contribution in [0.25, 0.3) is 0 Å². The van der Waals surface area contributed by atoms with E-state index in [1.807, 2.05) is 0 Å². The summed E-state index contributed by atoms with van der Waals surface area (Å²) in [4.78, 5) is 25.7. The van der Waals surface area contributed by atoms with Crippen LogP contribution in [0.3, 0.4) is 0 Å². The maximum atomic E-state index is 9.65. The molecule has 0 N–H and O–H groups in total. The maximum Gasteiger partial charge on any atom is 0.235 e. The van der Waals surface area contributed by atoms with Crippen molar-refractivity contribution in [3.63, 3.8) is 0 Å². The highest BCUT2D eigenvalue weighted by Crippen LogP contribution is 1.93. The largest absolute Gasteiger partial charge is 0.235 e. The number of hydrogen-bond acceptors (Lipinski definition) is 4. The second kappa shape index (κ2) is 6.17. The van der Waals surface area contributed by atoms with Gasteiger partial charge in [-0.2, -0.15) is 4.99 Å². The molecule has 5 heteroatoms. The van der Waals surface area contributed by atoms with Gasteiger partial charge in [-0.1, -0.05) is 0 Å². The Kier molecular flexibility index (Phi) is 5.59. The van der Waals surface area contributed by atoms with Crippen LogP contribution in [0.1, 0.15) is 0 Å². The van der Waals surface area contributed by atoms with E-state index in [0.717, 1.165) is 0 Å². The van der Waals surface area contributed by atoms with Gasteiger partial charge < -0.3 is 0 Å². The molecule has 10 heavy (non-hydrogen) atoms. The van der Waals surface area contributed by atoms with E-state index in [4.69, 9.17) is 11.6 Å². The number of hydrogen-bond donors (Lipinski definition) is 0. The first-order valence-corrected chi connectivity index (χ1v) is 3.05. The van der Waals surface area contributed by atoms with Crippen molar-refractivity contribution < 1.29 is 9.59 Å². The van der Waals surface area contributed by atoms with Crippen LogP contribution in [-0.4, -0.2) is 30.6 Å². The fourth-order valence-electron chi connectivity index (χ4n) is 0.341. The van der Waals surface area contributed by atoms with E-state index >= 15 is 0 Å². The average molecular weight is 161 g/mol. The number of isocyanates is 2. The van der Waals surface area contributed by atoms with E-state index < -0.39 is 6.04 Å². The van der Waals surface area contributed by atoms with Crippen LogP contribution < -0.4 is 0 Å². The fourth-order valence-corrected chi connectivity index (χ4v) is 0.508. The lowest BCUT2D eigenvalue weighted by Gasteiger charge is -1.97. The molecule has 1 unspecified atom stereocenters. The summed E-state index contributed by atoms with van der Waals surface area (Å²) in [6.07, 6.45) is 2.65. The Morgan fingerprint density at radius 3 is 2.50 bits per heavy atom. The fraction of sp³-hybridized carbons (Fsp3) is 0.600. The van der Waals surface area contributed by atoms with Gasteiger partial charge in [0.05, 0.1) is 12.6 Å². The SMILES string of the molecule is O=C=NCC(CCl)N=C=O. The van der Waals surface area contributed by atoms with Gasteiger partial charge in [0.15, 0.2) is 0 Å². The maximum absolute atomic E-state index is 9.65. The van der Waals surface area contributed by atoms with Crippen LogP contribution in [0.15, 0.2) is 9.98 Å². The molecule has 0 amide bonds. The van der Waals surface area contributed by atoms with Crippen LogP contribution in [-0.2, 0) is 9.59 Å². The Morgan fingerprint density at radius 1 is 1.40 bits per heavy atom. The number of rotatable bonds is 4. The molecule has 0 spiro atoms. The minimum absolute atomic E-state index is 0.0994. The second-order valence-corrected chi connectivity index (χ2v) is 1.77. The summed E-state index contributed by atoms with van der Waals surface area (Å²) < 4.78 is 0. The molecule has 0 aliphatic carbocycles. The quantitative estimate of drug-likeness (QED) is 0.337. The number of alkyl halides is 1. The van der Waals surface area contributed by atoms with E-state index in [2.05, 4.69) is 9.98 Å². The molecular weight excluding hydrogens is 156 g/mol. The van der Waals surface area contributed by atoms with Gasteiger partial charge >= 0.3 is 0 Å². The summed E-state index contributed by atoms with van der Waals surface area (Å²) >= 11 is 5.32.